The third kappa shape index (κ3) is 3.58. The summed E-state index contributed by atoms with van der Waals surface area (Å²) in [5.41, 5.74) is 3.30. The van der Waals surface area contributed by atoms with E-state index < -0.39 is 5.97 Å². The average Bonchev–Trinajstić information content (AvgIpc) is 3.11. The first kappa shape index (κ1) is 17.7. The quantitative estimate of drug-likeness (QED) is 0.349. The van der Waals surface area contributed by atoms with Gasteiger partial charge in [-0.2, -0.15) is 0 Å². The molecule has 0 spiro atoms. The van der Waals surface area contributed by atoms with Gasteiger partial charge < -0.3 is 9.30 Å². The Balaban J connectivity index is 1.79. The van der Waals surface area contributed by atoms with Gasteiger partial charge >= 0.3 is 5.97 Å². The van der Waals surface area contributed by atoms with E-state index in [-0.39, 0.29) is 0 Å². The molecule has 0 unspecified atom stereocenters. The zero-order chi connectivity index (χ0) is 19.3. The van der Waals surface area contributed by atoms with Crippen LogP contribution in [0.25, 0.3) is 22.9 Å². The Morgan fingerprint density at radius 2 is 1.50 bits per heavy atom. The number of aromatic nitrogens is 2. The summed E-state index contributed by atoms with van der Waals surface area (Å²) >= 11 is 0. The molecule has 1 heterocycles. The number of aryl methyl sites for hydroxylation is 1. The largest absolute Gasteiger partial charge is 0.422 e. The highest BCUT2D eigenvalue weighted by Gasteiger charge is 2.14. The third-order valence-electron chi connectivity index (χ3n) is 4.53. The maximum atomic E-state index is 12.7. The molecule has 0 atom stereocenters. The van der Waals surface area contributed by atoms with Crippen molar-refractivity contribution in [3.05, 3.63) is 102 Å². The molecular formula is C24H20N2O2. The van der Waals surface area contributed by atoms with Crippen LogP contribution in [0.2, 0.25) is 0 Å². The van der Waals surface area contributed by atoms with E-state index in [1.165, 1.54) is 0 Å². The molecule has 4 heteroatoms. The lowest BCUT2D eigenvalue weighted by atomic mass is 10.1. The summed E-state index contributed by atoms with van der Waals surface area (Å²) in [5, 5.41) is 0. The first-order valence-corrected chi connectivity index (χ1v) is 9.26. The first-order chi connectivity index (χ1) is 13.8. The first-order valence-electron chi connectivity index (χ1n) is 9.26. The average molecular weight is 368 g/mol. The summed E-state index contributed by atoms with van der Waals surface area (Å²) < 4.78 is 7.90. The van der Waals surface area contributed by atoms with Crippen LogP contribution in [0, 0.1) is 0 Å². The fourth-order valence-electron chi connectivity index (χ4n) is 3.16. The maximum Gasteiger partial charge on any atom is 0.343 e. The van der Waals surface area contributed by atoms with Crippen LogP contribution in [0.4, 0.5) is 0 Å². The Bertz CT molecular complexity index is 1130. The van der Waals surface area contributed by atoms with E-state index >= 15 is 0 Å². The molecule has 0 aliphatic rings. The minimum absolute atomic E-state index is 0.394. The summed E-state index contributed by atoms with van der Waals surface area (Å²) in [5.74, 6) is 0.831. The fraction of sp³-hybridized carbons (Fsp3) is 0.0833. The van der Waals surface area contributed by atoms with Crippen molar-refractivity contribution in [2.24, 2.45) is 0 Å². The lowest BCUT2D eigenvalue weighted by molar-refractivity contribution is 0.0693. The molecule has 0 radical (unpaired) electrons. The molecule has 0 aliphatic heterocycles. The number of hydrogen-bond acceptors (Lipinski definition) is 3. The molecule has 0 fully saturated rings. The topological polar surface area (TPSA) is 44.1 Å². The van der Waals surface area contributed by atoms with E-state index in [4.69, 9.17) is 9.72 Å². The Labute approximate surface area is 163 Å². The van der Waals surface area contributed by atoms with E-state index in [1.807, 2.05) is 78.9 Å². The summed E-state index contributed by atoms with van der Waals surface area (Å²) in [4.78, 5) is 17.4. The van der Waals surface area contributed by atoms with E-state index in [0.717, 1.165) is 29.0 Å². The highest BCUT2D eigenvalue weighted by Crippen LogP contribution is 2.24. The van der Waals surface area contributed by atoms with Crippen molar-refractivity contribution < 1.29 is 9.53 Å². The molecule has 4 aromatic rings. The number of ether oxygens (including phenoxy) is 1. The number of carbonyl (C=O) groups is 1. The van der Waals surface area contributed by atoms with Crippen molar-refractivity contribution in [1.29, 1.82) is 0 Å². The van der Waals surface area contributed by atoms with Crippen molar-refractivity contribution in [1.82, 2.24) is 9.55 Å². The summed E-state index contributed by atoms with van der Waals surface area (Å²) in [6.45, 7) is 2.84. The van der Waals surface area contributed by atoms with E-state index in [2.05, 4.69) is 11.5 Å². The van der Waals surface area contributed by atoms with Gasteiger partial charge in [0.05, 0.1) is 16.6 Å². The third-order valence-corrected chi connectivity index (χ3v) is 4.53. The maximum absolute atomic E-state index is 12.7. The second-order valence-corrected chi connectivity index (χ2v) is 6.33. The van der Waals surface area contributed by atoms with Gasteiger partial charge in [0.1, 0.15) is 11.6 Å². The highest BCUT2D eigenvalue weighted by molar-refractivity contribution is 5.95. The molecule has 0 saturated carbocycles. The van der Waals surface area contributed by atoms with Gasteiger partial charge in [0, 0.05) is 18.2 Å². The Hall–Kier alpha value is -3.66. The van der Waals surface area contributed by atoms with Crippen molar-refractivity contribution in [2.75, 3.05) is 0 Å². The molecule has 0 N–H and O–H groups in total. The van der Waals surface area contributed by atoms with Crippen LogP contribution in [0.1, 0.15) is 28.7 Å². The summed E-state index contributed by atoms with van der Waals surface area (Å²) in [6.07, 6.45) is 1.83. The standard InChI is InChI=1S/C24H20N2O2/c1-2-26-21-16-10-9-15-20(21)25-23(26)17-22(18-11-5-3-6-12-18)28-24(27)19-13-7-4-8-14-19/h3-17H,2H2,1H3/b22-17+. The molecule has 0 amide bonds. The molecule has 28 heavy (non-hydrogen) atoms. The minimum atomic E-state index is -0.394. The Morgan fingerprint density at radius 1 is 0.893 bits per heavy atom. The predicted molar refractivity (Wildman–Crippen MR) is 112 cm³/mol. The number of carbonyl (C=O) groups excluding carboxylic acids is 1. The van der Waals surface area contributed by atoms with E-state index in [0.29, 0.717) is 11.3 Å². The lowest BCUT2D eigenvalue weighted by Crippen LogP contribution is -2.05. The van der Waals surface area contributed by atoms with Crippen molar-refractivity contribution >= 4 is 28.8 Å². The molecule has 4 rings (SSSR count). The second kappa shape index (κ2) is 7.92. The fourth-order valence-corrected chi connectivity index (χ4v) is 3.16. The monoisotopic (exact) mass is 368 g/mol. The van der Waals surface area contributed by atoms with Gasteiger partial charge in [0.25, 0.3) is 0 Å². The van der Waals surface area contributed by atoms with Gasteiger partial charge in [0.15, 0.2) is 0 Å². The van der Waals surface area contributed by atoms with Crippen molar-refractivity contribution in [3.63, 3.8) is 0 Å². The molecule has 3 aromatic carbocycles. The smallest absolute Gasteiger partial charge is 0.343 e. The molecule has 0 saturated heterocycles. The number of imidazole rings is 1. The van der Waals surface area contributed by atoms with Crippen molar-refractivity contribution in [2.45, 2.75) is 13.5 Å². The van der Waals surface area contributed by atoms with Crippen LogP contribution in [-0.4, -0.2) is 15.5 Å². The zero-order valence-electron chi connectivity index (χ0n) is 15.6. The van der Waals surface area contributed by atoms with Crippen LogP contribution in [0.15, 0.2) is 84.9 Å². The number of benzene rings is 3. The minimum Gasteiger partial charge on any atom is -0.422 e. The van der Waals surface area contributed by atoms with E-state index in [9.17, 15) is 4.79 Å². The molecule has 1 aromatic heterocycles. The van der Waals surface area contributed by atoms with Gasteiger partial charge in [-0.15, -0.1) is 0 Å². The number of para-hydroxylation sites is 2. The molecule has 0 aliphatic carbocycles. The molecule has 138 valence electrons. The van der Waals surface area contributed by atoms with Gasteiger partial charge in [-0.3, -0.25) is 0 Å². The summed E-state index contributed by atoms with van der Waals surface area (Å²) in [6, 6.07) is 26.6. The van der Waals surface area contributed by atoms with Gasteiger partial charge in [-0.25, -0.2) is 9.78 Å². The summed E-state index contributed by atoms with van der Waals surface area (Å²) in [7, 11) is 0. The molecular weight excluding hydrogens is 348 g/mol. The van der Waals surface area contributed by atoms with Gasteiger partial charge in [0.2, 0.25) is 0 Å². The van der Waals surface area contributed by atoms with Crippen LogP contribution in [0.5, 0.6) is 0 Å². The number of hydrogen-bond donors (Lipinski definition) is 0. The number of nitrogens with zero attached hydrogens (tertiary/aromatic N) is 2. The van der Waals surface area contributed by atoms with Crippen LogP contribution < -0.4 is 0 Å². The molecule has 0 bridgehead atoms. The van der Waals surface area contributed by atoms with E-state index in [1.54, 1.807) is 12.1 Å². The second-order valence-electron chi connectivity index (χ2n) is 6.33. The van der Waals surface area contributed by atoms with Crippen LogP contribution >= 0.6 is 0 Å². The highest BCUT2D eigenvalue weighted by atomic mass is 16.5. The Kier molecular flexibility index (Phi) is 5.02. The molecule has 4 nitrogen and oxygen atoms in total. The van der Waals surface area contributed by atoms with Crippen LogP contribution in [0.3, 0.4) is 0 Å². The van der Waals surface area contributed by atoms with Crippen LogP contribution in [-0.2, 0) is 11.3 Å². The SMILES string of the molecule is CCn1c(/C=C(/OC(=O)c2ccccc2)c2ccccc2)nc2ccccc21. The lowest BCUT2D eigenvalue weighted by Gasteiger charge is -2.10. The van der Waals surface area contributed by atoms with Crippen molar-refractivity contribution in [3.8, 4) is 0 Å². The Morgan fingerprint density at radius 3 is 2.18 bits per heavy atom. The number of fused-ring (bicyclic) bond motifs is 1. The predicted octanol–water partition coefficient (Wildman–Crippen LogP) is 5.41. The number of esters is 1. The number of rotatable bonds is 5. The van der Waals surface area contributed by atoms with Gasteiger partial charge in [-0.1, -0.05) is 60.7 Å². The normalized spacial score (nSPS) is 11.5. The zero-order valence-corrected chi connectivity index (χ0v) is 15.6. The van der Waals surface area contributed by atoms with Gasteiger partial charge in [-0.05, 0) is 31.2 Å².